The van der Waals surface area contributed by atoms with Crippen molar-refractivity contribution < 1.29 is 9.47 Å². The highest BCUT2D eigenvalue weighted by Gasteiger charge is 2.23. The number of ether oxygens (including phenoxy) is 2. The van der Waals surface area contributed by atoms with Crippen LogP contribution in [0.4, 0.5) is 0 Å². The van der Waals surface area contributed by atoms with Gasteiger partial charge in [-0.05, 0) is 31.2 Å². The van der Waals surface area contributed by atoms with Gasteiger partial charge in [0.25, 0.3) is 0 Å². The second-order valence-electron chi connectivity index (χ2n) is 4.77. The normalized spacial score (nSPS) is 25.1. The first-order valence-corrected chi connectivity index (χ1v) is 7.25. The number of halogens is 1. The number of alkyl halides is 1. The van der Waals surface area contributed by atoms with Crippen LogP contribution < -0.4 is 5.32 Å². The van der Waals surface area contributed by atoms with E-state index in [2.05, 4.69) is 5.32 Å². The van der Waals surface area contributed by atoms with Crippen molar-refractivity contribution in [3.8, 4) is 0 Å². The molecule has 1 N–H and O–H groups in total. The molecule has 0 aromatic rings. The van der Waals surface area contributed by atoms with Crippen molar-refractivity contribution in [3.05, 3.63) is 0 Å². The summed E-state index contributed by atoms with van der Waals surface area (Å²) in [6.45, 7) is 4.14. The van der Waals surface area contributed by atoms with E-state index < -0.39 is 0 Å². The molecule has 0 aromatic heterocycles. The molecule has 1 fully saturated rings. The zero-order chi connectivity index (χ0) is 12.3. The summed E-state index contributed by atoms with van der Waals surface area (Å²) < 4.78 is 10.3. The molecule has 0 saturated heterocycles. The molecule has 1 aliphatic rings. The minimum Gasteiger partial charge on any atom is -0.382 e. The van der Waals surface area contributed by atoms with Crippen LogP contribution in [0.2, 0.25) is 0 Å². The minimum absolute atomic E-state index is 0.678. The maximum absolute atomic E-state index is 6.01. The average molecular weight is 264 g/mol. The standard InChI is InChI=1S/C13H26ClNO2/c1-16-8-9-17-7-6-15-11-13-5-3-2-4-12(13)10-14/h12-13,15H,2-11H2,1H3. The Kier molecular flexibility index (Phi) is 9.07. The first-order chi connectivity index (χ1) is 8.38. The zero-order valence-electron chi connectivity index (χ0n) is 10.9. The van der Waals surface area contributed by atoms with Gasteiger partial charge in [0.05, 0.1) is 19.8 Å². The topological polar surface area (TPSA) is 30.5 Å². The summed E-state index contributed by atoms with van der Waals surface area (Å²) >= 11 is 6.01. The van der Waals surface area contributed by atoms with Crippen LogP contribution in [-0.2, 0) is 9.47 Å². The largest absolute Gasteiger partial charge is 0.382 e. The Hall–Kier alpha value is 0.170. The number of hydrogen-bond donors (Lipinski definition) is 1. The second-order valence-corrected chi connectivity index (χ2v) is 5.08. The number of rotatable bonds is 9. The lowest BCUT2D eigenvalue weighted by atomic mass is 9.80. The smallest absolute Gasteiger partial charge is 0.0700 e. The Bertz CT molecular complexity index is 181. The van der Waals surface area contributed by atoms with Crippen molar-refractivity contribution >= 4 is 11.6 Å². The Labute approximate surface area is 110 Å². The van der Waals surface area contributed by atoms with E-state index in [1.165, 1.54) is 25.7 Å². The van der Waals surface area contributed by atoms with Gasteiger partial charge in [0.1, 0.15) is 0 Å². The van der Waals surface area contributed by atoms with Gasteiger partial charge in [-0.25, -0.2) is 0 Å². The highest BCUT2D eigenvalue weighted by Crippen LogP contribution is 2.30. The molecule has 1 rings (SSSR count). The fraction of sp³-hybridized carbons (Fsp3) is 1.00. The summed E-state index contributed by atoms with van der Waals surface area (Å²) in [5, 5.41) is 3.47. The maximum Gasteiger partial charge on any atom is 0.0700 e. The van der Waals surface area contributed by atoms with Crippen LogP contribution in [0.25, 0.3) is 0 Å². The molecule has 0 radical (unpaired) electrons. The lowest BCUT2D eigenvalue weighted by molar-refractivity contribution is 0.0712. The SMILES string of the molecule is COCCOCCNCC1CCCCC1CCl. The monoisotopic (exact) mass is 263 g/mol. The highest BCUT2D eigenvalue weighted by atomic mass is 35.5. The molecular formula is C13H26ClNO2. The lowest BCUT2D eigenvalue weighted by Crippen LogP contribution is -2.33. The van der Waals surface area contributed by atoms with Gasteiger partial charge in [0.2, 0.25) is 0 Å². The molecule has 0 heterocycles. The molecule has 2 unspecified atom stereocenters. The third-order valence-corrected chi connectivity index (χ3v) is 3.92. The highest BCUT2D eigenvalue weighted by molar-refractivity contribution is 6.18. The molecule has 17 heavy (non-hydrogen) atoms. The first kappa shape index (κ1) is 15.2. The molecule has 102 valence electrons. The molecule has 1 saturated carbocycles. The first-order valence-electron chi connectivity index (χ1n) is 6.71. The number of methoxy groups -OCH3 is 1. The minimum atomic E-state index is 0.678. The zero-order valence-corrected chi connectivity index (χ0v) is 11.7. The van der Waals surface area contributed by atoms with E-state index >= 15 is 0 Å². The van der Waals surface area contributed by atoms with E-state index in [0.717, 1.165) is 31.5 Å². The van der Waals surface area contributed by atoms with Crippen LogP contribution in [0, 0.1) is 11.8 Å². The molecule has 0 aromatic carbocycles. The fourth-order valence-corrected chi connectivity index (χ4v) is 2.84. The van der Waals surface area contributed by atoms with E-state index in [1.807, 2.05) is 0 Å². The van der Waals surface area contributed by atoms with E-state index in [1.54, 1.807) is 7.11 Å². The van der Waals surface area contributed by atoms with Gasteiger partial charge in [-0.1, -0.05) is 12.8 Å². The maximum atomic E-state index is 6.01. The van der Waals surface area contributed by atoms with Crippen molar-refractivity contribution in [3.63, 3.8) is 0 Å². The van der Waals surface area contributed by atoms with E-state index in [9.17, 15) is 0 Å². The Balaban J connectivity index is 1.97. The molecule has 0 bridgehead atoms. The van der Waals surface area contributed by atoms with Crippen LogP contribution in [0.3, 0.4) is 0 Å². The third-order valence-electron chi connectivity index (χ3n) is 3.53. The van der Waals surface area contributed by atoms with Gasteiger partial charge in [-0.2, -0.15) is 0 Å². The van der Waals surface area contributed by atoms with E-state index in [0.29, 0.717) is 19.1 Å². The second kappa shape index (κ2) is 10.1. The molecule has 2 atom stereocenters. The van der Waals surface area contributed by atoms with Gasteiger partial charge < -0.3 is 14.8 Å². The molecular weight excluding hydrogens is 238 g/mol. The van der Waals surface area contributed by atoms with E-state index in [-0.39, 0.29) is 0 Å². The van der Waals surface area contributed by atoms with Gasteiger partial charge in [-0.15, -0.1) is 11.6 Å². The Morgan fingerprint density at radius 1 is 1.12 bits per heavy atom. The molecule has 0 amide bonds. The van der Waals surface area contributed by atoms with Crippen molar-refractivity contribution in [1.82, 2.24) is 5.32 Å². The van der Waals surface area contributed by atoms with Crippen LogP contribution in [0.15, 0.2) is 0 Å². The third kappa shape index (κ3) is 6.61. The summed E-state index contributed by atoms with van der Waals surface area (Å²) in [5.74, 6) is 2.30. The van der Waals surface area contributed by atoms with Gasteiger partial charge in [-0.3, -0.25) is 0 Å². The predicted octanol–water partition coefficient (Wildman–Crippen LogP) is 2.28. The number of hydrogen-bond acceptors (Lipinski definition) is 3. The molecule has 4 heteroatoms. The van der Waals surface area contributed by atoms with E-state index in [4.69, 9.17) is 21.1 Å². The van der Waals surface area contributed by atoms with Gasteiger partial charge in [0.15, 0.2) is 0 Å². The Morgan fingerprint density at radius 2 is 1.88 bits per heavy atom. The van der Waals surface area contributed by atoms with Crippen LogP contribution in [-0.4, -0.2) is 45.9 Å². The fourth-order valence-electron chi connectivity index (χ4n) is 2.43. The van der Waals surface area contributed by atoms with Crippen molar-refractivity contribution in [2.75, 3.05) is 45.9 Å². The van der Waals surface area contributed by atoms with Crippen LogP contribution >= 0.6 is 11.6 Å². The van der Waals surface area contributed by atoms with Gasteiger partial charge >= 0.3 is 0 Å². The molecule has 3 nitrogen and oxygen atoms in total. The van der Waals surface area contributed by atoms with Crippen molar-refractivity contribution in [2.24, 2.45) is 11.8 Å². The molecule has 1 aliphatic carbocycles. The van der Waals surface area contributed by atoms with Crippen LogP contribution in [0.1, 0.15) is 25.7 Å². The average Bonchev–Trinajstić information content (AvgIpc) is 2.38. The van der Waals surface area contributed by atoms with Crippen molar-refractivity contribution in [1.29, 1.82) is 0 Å². The Morgan fingerprint density at radius 3 is 2.59 bits per heavy atom. The summed E-state index contributed by atoms with van der Waals surface area (Å²) in [4.78, 5) is 0. The number of nitrogens with one attached hydrogen (secondary N) is 1. The molecule has 0 aliphatic heterocycles. The lowest BCUT2D eigenvalue weighted by Gasteiger charge is -2.30. The summed E-state index contributed by atoms with van der Waals surface area (Å²) in [5.41, 5.74) is 0. The van der Waals surface area contributed by atoms with Crippen LogP contribution in [0.5, 0.6) is 0 Å². The summed E-state index contributed by atoms with van der Waals surface area (Å²) in [6, 6.07) is 0. The summed E-state index contributed by atoms with van der Waals surface area (Å²) in [7, 11) is 1.69. The van der Waals surface area contributed by atoms with Crippen molar-refractivity contribution in [2.45, 2.75) is 25.7 Å². The summed E-state index contributed by atoms with van der Waals surface area (Å²) in [6.07, 6.45) is 5.35. The molecule has 0 spiro atoms. The quantitative estimate of drug-likeness (QED) is 0.511. The van der Waals surface area contributed by atoms with Gasteiger partial charge in [0, 0.05) is 19.5 Å². The predicted molar refractivity (Wildman–Crippen MR) is 71.7 cm³/mol.